The van der Waals surface area contributed by atoms with Gasteiger partial charge < -0.3 is 9.67 Å². The quantitative estimate of drug-likeness (QED) is 0.783. The van der Waals surface area contributed by atoms with Crippen molar-refractivity contribution in [2.75, 3.05) is 0 Å². The smallest absolute Gasteiger partial charge is 0.165 e. The van der Waals surface area contributed by atoms with Crippen molar-refractivity contribution in [2.24, 2.45) is 0 Å². The number of nitrogens with zero attached hydrogens (tertiary/aromatic N) is 3. The molecule has 1 N–H and O–H groups in total. The molecule has 0 saturated heterocycles. The molecule has 0 unspecified atom stereocenters. The van der Waals surface area contributed by atoms with Crippen LogP contribution in [-0.2, 0) is 13.0 Å². The van der Waals surface area contributed by atoms with E-state index in [0.29, 0.717) is 22.6 Å². The number of pyridine rings is 1. The van der Waals surface area contributed by atoms with Crippen LogP contribution < -0.4 is 0 Å². The van der Waals surface area contributed by atoms with Gasteiger partial charge in [-0.2, -0.15) is 5.26 Å². The normalized spacial score (nSPS) is 10.8. The van der Waals surface area contributed by atoms with Gasteiger partial charge in [0.1, 0.15) is 17.0 Å². The maximum absolute atomic E-state index is 9.97. The maximum atomic E-state index is 9.97. The molecule has 0 aliphatic carbocycles. The predicted octanol–water partition coefficient (Wildman–Crippen LogP) is 4.16. The minimum Gasteiger partial charge on any atom is -0.506 e. The lowest BCUT2D eigenvalue weighted by Gasteiger charge is -2.08. The Kier molecular flexibility index (Phi) is 3.93. The number of halogens is 2. The Morgan fingerprint density at radius 3 is 2.64 bits per heavy atom. The molecule has 0 aliphatic rings. The van der Waals surface area contributed by atoms with E-state index in [4.69, 9.17) is 23.2 Å². The highest BCUT2D eigenvalue weighted by molar-refractivity contribution is 6.45. The highest BCUT2D eigenvalue weighted by Gasteiger charge is 2.21. The van der Waals surface area contributed by atoms with Crippen LogP contribution in [0.3, 0.4) is 0 Å². The Morgan fingerprint density at radius 2 is 1.95 bits per heavy atom. The Morgan fingerprint density at radius 1 is 1.23 bits per heavy atom. The molecule has 4 nitrogen and oxygen atoms in total. The van der Waals surface area contributed by atoms with E-state index in [1.807, 2.05) is 36.4 Å². The highest BCUT2D eigenvalue weighted by atomic mass is 35.5. The molecule has 1 aromatic carbocycles. The second-order valence-electron chi connectivity index (χ2n) is 4.82. The van der Waals surface area contributed by atoms with Gasteiger partial charge in [0.2, 0.25) is 0 Å². The van der Waals surface area contributed by atoms with E-state index in [1.165, 1.54) is 6.20 Å². The molecule has 0 bridgehead atoms. The largest absolute Gasteiger partial charge is 0.506 e. The molecule has 0 amide bonds. The molecular formula is C16H11Cl2N3O. The summed E-state index contributed by atoms with van der Waals surface area (Å²) in [6.07, 6.45) is 1.94. The zero-order valence-electron chi connectivity index (χ0n) is 11.4. The van der Waals surface area contributed by atoms with Crippen LogP contribution in [0.5, 0.6) is 5.75 Å². The van der Waals surface area contributed by atoms with E-state index in [9.17, 15) is 10.4 Å². The molecule has 22 heavy (non-hydrogen) atoms. The van der Waals surface area contributed by atoms with Gasteiger partial charge in [0.05, 0.1) is 22.1 Å². The van der Waals surface area contributed by atoms with E-state index in [-0.39, 0.29) is 16.5 Å². The summed E-state index contributed by atoms with van der Waals surface area (Å²) in [7, 11) is 0. The zero-order chi connectivity index (χ0) is 15.7. The predicted molar refractivity (Wildman–Crippen MR) is 86.3 cm³/mol. The van der Waals surface area contributed by atoms with Gasteiger partial charge in [0.25, 0.3) is 0 Å². The molecule has 3 rings (SSSR count). The Hall–Kier alpha value is -2.22. The van der Waals surface area contributed by atoms with E-state index in [0.717, 1.165) is 12.0 Å². The number of aromatic hydroxyl groups is 1. The lowest BCUT2D eigenvalue weighted by molar-refractivity contribution is 0.479. The molecule has 0 spiro atoms. The van der Waals surface area contributed by atoms with Crippen molar-refractivity contribution < 1.29 is 5.11 Å². The van der Waals surface area contributed by atoms with Crippen molar-refractivity contribution in [1.29, 1.82) is 5.26 Å². The van der Waals surface area contributed by atoms with E-state index in [2.05, 4.69) is 4.98 Å². The van der Waals surface area contributed by atoms with Gasteiger partial charge in [-0.1, -0.05) is 53.5 Å². The minimum atomic E-state index is -0.0839. The average molecular weight is 332 g/mol. The molecule has 0 fully saturated rings. The molecule has 0 atom stereocenters. The number of hydrogen-bond donors (Lipinski definition) is 1. The summed E-state index contributed by atoms with van der Waals surface area (Å²) in [6.45, 7) is 0.534. The number of benzene rings is 1. The monoisotopic (exact) mass is 331 g/mol. The van der Waals surface area contributed by atoms with E-state index < -0.39 is 0 Å². The topological polar surface area (TPSA) is 61.8 Å². The summed E-state index contributed by atoms with van der Waals surface area (Å²) in [5, 5.41) is 20.1. The molecule has 0 saturated carbocycles. The third-order valence-electron chi connectivity index (χ3n) is 3.51. The number of aromatic nitrogens is 2. The third kappa shape index (κ3) is 2.39. The number of fused-ring (bicyclic) bond motifs is 1. The molecule has 2 aromatic heterocycles. The maximum Gasteiger partial charge on any atom is 0.165 e. The molecule has 3 aromatic rings. The summed E-state index contributed by atoms with van der Waals surface area (Å²) < 4.78 is 1.72. The summed E-state index contributed by atoms with van der Waals surface area (Å²) >= 11 is 12.5. The van der Waals surface area contributed by atoms with Gasteiger partial charge in [0, 0.05) is 6.54 Å². The summed E-state index contributed by atoms with van der Waals surface area (Å²) in [5.41, 5.74) is 1.80. The van der Waals surface area contributed by atoms with E-state index >= 15 is 0 Å². The first-order valence-electron chi connectivity index (χ1n) is 6.62. The van der Waals surface area contributed by atoms with Crippen molar-refractivity contribution in [1.82, 2.24) is 9.55 Å². The third-order valence-corrected chi connectivity index (χ3v) is 4.37. The second-order valence-corrected chi connectivity index (χ2v) is 5.56. The lowest BCUT2D eigenvalue weighted by Crippen LogP contribution is -2.03. The Bertz CT molecular complexity index is 882. The standard InChI is InChI=1S/C16H11Cl2N3O/c17-14-13-12(22)9-20-11(8-19)15(13)21(16(14)18)7-6-10-4-2-1-3-5-10/h1-5,9,22H,6-7H2. The van der Waals surface area contributed by atoms with Crippen LogP contribution in [0.15, 0.2) is 36.5 Å². The first-order valence-corrected chi connectivity index (χ1v) is 7.38. The van der Waals surface area contributed by atoms with Crippen molar-refractivity contribution in [3.8, 4) is 11.8 Å². The van der Waals surface area contributed by atoms with Crippen molar-refractivity contribution in [2.45, 2.75) is 13.0 Å². The highest BCUT2D eigenvalue weighted by Crippen LogP contribution is 2.40. The molecule has 110 valence electrons. The first kappa shape index (κ1) is 14.7. The van der Waals surface area contributed by atoms with E-state index in [1.54, 1.807) is 4.57 Å². The van der Waals surface area contributed by atoms with Crippen LogP contribution >= 0.6 is 23.2 Å². The molecule has 2 heterocycles. The van der Waals surface area contributed by atoms with Gasteiger partial charge in [-0.3, -0.25) is 0 Å². The molecule has 0 aliphatic heterocycles. The van der Waals surface area contributed by atoms with Gasteiger partial charge >= 0.3 is 0 Å². The molecular weight excluding hydrogens is 321 g/mol. The fourth-order valence-corrected chi connectivity index (χ4v) is 3.02. The number of aryl methyl sites for hydroxylation is 2. The van der Waals surface area contributed by atoms with Crippen molar-refractivity contribution >= 4 is 34.1 Å². The number of nitriles is 1. The first-order chi connectivity index (χ1) is 10.6. The van der Waals surface area contributed by atoms with Gasteiger partial charge in [-0.25, -0.2) is 4.98 Å². The summed E-state index contributed by atoms with van der Waals surface area (Å²) in [6, 6.07) is 11.9. The van der Waals surface area contributed by atoms with Gasteiger partial charge in [0.15, 0.2) is 5.69 Å². The minimum absolute atomic E-state index is 0.0839. The van der Waals surface area contributed by atoms with Crippen LogP contribution in [-0.4, -0.2) is 14.7 Å². The van der Waals surface area contributed by atoms with Crippen LogP contribution in [0.1, 0.15) is 11.3 Å². The Labute approximate surface area is 137 Å². The fraction of sp³-hybridized carbons (Fsp3) is 0.125. The van der Waals surface area contributed by atoms with Crippen LogP contribution in [0, 0.1) is 11.3 Å². The van der Waals surface area contributed by atoms with Gasteiger partial charge in [-0.15, -0.1) is 0 Å². The number of rotatable bonds is 3. The van der Waals surface area contributed by atoms with Crippen molar-refractivity contribution in [3.63, 3.8) is 0 Å². The second kappa shape index (κ2) is 5.88. The molecule has 6 heteroatoms. The fourth-order valence-electron chi connectivity index (χ4n) is 2.47. The van der Waals surface area contributed by atoms with Crippen LogP contribution in [0.2, 0.25) is 10.2 Å². The van der Waals surface area contributed by atoms with Crippen LogP contribution in [0.4, 0.5) is 0 Å². The summed E-state index contributed by atoms with van der Waals surface area (Å²) in [5.74, 6) is -0.0839. The Balaban J connectivity index is 2.11. The van der Waals surface area contributed by atoms with Gasteiger partial charge in [-0.05, 0) is 12.0 Å². The summed E-state index contributed by atoms with van der Waals surface area (Å²) in [4.78, 5) is 3.95. The molecule has 0 radical (unpaired) electrons. The lowest BCUT2D eigenvalue weighted by atomic mass is 10.1. The SMILES string of the molecule is N#Cc1ncc(O)c2c(Cl)c(Cl)n(CCc3ccccc3)c12. The number of hydrogen-bond acceptors (Lipinski definition) is 3. The van der Waals surface area contributed by atoms with Crippen molar-refractivity contribution in [3.05, 3.63) is 58.0 Å². The average Bonchev–Trinajstić information content (AvgIpc) is 2.80. The zero-order valence-corrected chi connectivity index (χ0v) is 12.9. The van der Waals surface area contributed by atoms with Crippen LogP contribution in [0.25, 0.3) is 10.9 Å².